The zero-order valence-corrected chi connectivity index (χ0v) is 12.1. The predicted octanol–water partition coefficient (Wildman–Crippen LogP) is 3.70. The molecule has 0 saturated carbocycles. The average Bonchev–Trinajstić information content (AvgIpc) is 2.28. The maximum atomic E-state index is 5.17. The summed E-state index contributed by atoms with van der Waals surface area (Å²) in [5.41, 5.74) is 0. The van der Waals surface area contributed by atoms with Crippen molar-refractivity contribution in [2.24, 2.45) is 5.92 Å². The number of rotatable bonds is 4. The lowest BCUT2D eigenvalue weighted by Crippen LogP contribution is -2.51. The summed E-state index contributed by atoms with van der Waals surface area (Å²) >= 11 is 0. The Balaban J connectivity index is 0.000000209. The molecule has 0 aromatic rings. The minimum absolute atomic E-state index is 0.766. The fourth-order valence-corrected chi connectivity index (χ4v) is 2.33. The van der Waals surface area contributed by atoms with Crippen LogP contribution in [0.25, 0.3) is 0 Å². The van der Waals surface area contributed by atoms with Crippen LogP contribution in [0.3, 0.4) is 0 Å². The largest absolute Gasteiger partial charge is 0.378 e. The summed E-state index contributed by atoms with van der Waals surface area (Å²) in [4.78, 5) is 2.59. The van der Waals surface area contributed by atoms with E-state index in [0.717, 1.165) is 25.2 Å². The Labute approximate surface area is 108 Å². The quantitative estimate of drug-likeness (QED) is 0.696. The average molecular weight is 241 g/mol. The van der Waals surface area contributed by atoms with E-state index < -0.39 is 0 Å². The molecule has 17 heavy (non-hydrogen) atoms. The lowest BCUT2D eigenvalue weighted by atomic mass is 9.97. The van der Waals surface area contributed by atoms with Crippen molar-refractivity contribution >= 4 is 0 Å². The number of piperidine rings is 1. The van der Waals surface area contributed by atoms with Crippen molar-refractivity contribution < 1.29 is 4.74 Å². The lowest BCUT2D eigenvalue weighted by Gasteiger charge is -2.40. The van der Waals surface area contributed by atoms with Crippen molar-refractivity contribution in [2.75, 3.05) is 26.3 Å². The topological polar surface area (TPSA) is 12.5 Å². The first-order valence-electron chi connectivity index (χ1n) is 7.59. The maximum absolute atomic E-state index is 5.17. The van der Waals surface area contributed by atoms with Crippen LogP contribution in [-0.4, -0.2) is 37.2 Å². The van der Waals surface area contributed by atoms with Crippen LogP contribution in [0.2, 0.25) is 0 Å². The molecule has 2 rings (SSSR count). The Bertz CT molecular complexity index is 168. The van der Waals surface area contributed by atoms with Gasteiger partial charge >= 0.3 is 0 Å². The van der Waals surface area contributed by atoms with E-state index in [1.54, 1.807) is 0 Å². The molecule has 0 atom stereocenters. The zero-order chi connectivity index (χ0) is 12.5. The first kappa shape index (κ1) is 15.0. The van der Waals surface area contributed by atoms with E-state index >= 15 is 0 Å². The van der Waals surface area contributed by atoms with Crippen LogP contribution in [0, 0.1) is 5.92 Å². The molecule has 2 aliphatic rings. The molecule has 102 valence electrons. The number of likely N-dealkylation sites (tertiary alicyclic amines) is 1. The molecule has 2 saturated heterocycles. The summed E-state index contributed by atoms with van der Waals surface area (Å²) in [5, 5.41) is 0. The Morgan fingerprint density at radius 1 is 1.00 bits per heavy atom. The van der Waals surface area contributed by atoms with Crippen molar-refractivity contribution in [1.29, 1.82) is 0 Å². The number of hydrogen-bond donors (Lipinski definition) is 0. The van der Waals surface area contributed by atoms with E-state index in [9.17, 15) is 0 Å². The number of unbranched alkanes of at least 4 members (excludes halogenated alkanes) is 3. The Kier molecular flexibility index (Phi) is 7.87. The summed E-state index contributed by atoms with van der Waals surface area (Å²) in [6, 6.07) is 0.766. The second-order valence-corrected chi connectivity index (χ2v) is 5.62. The van der Waals surface area contributed by atoms with Gasteiger partial charge in [0.2, 0.25) is 0 Å². The van der Waals surface area contributed by atoms with Gasteiger partial charge in [0, 0.05) is 0 Å². The van der Waals surface area contributed by atoms with Crippen molar-refractivity contribution in [1.82, 2.24) is 4.90 Å². The first-order chi connectivity index (χ1) is 8.27. The second-order valence-electron chi connectivity index (χ2n) is 5.62. The molecule has 2 heterocycles. The monoisotopic (exact) mass is 241 g/mol. The fourth-order valence-electron chi connectivity index (χ4n) is 2.33. The van der Waals surface area contributed by atoms with Gasteiger partial charge < -0.3 is 4.74 Å². The molecule has 2 fully saturated rings. The molecule has 0 aliphatic carbocycles. The summed E-state index contributed by atoms with van der Waals surface area (Å²) in [5.74, 6) is 0.951. The molecule has 2 aliphatic heterocycles. The molecule has 0 unspecified atom stereocenters. The van der Waals surface area contributed by atoms with Crippen molar-refractivity contribution in [3.05, 3.63) is 0 Å². The highest BCUT2D eigenvalue weighted by molar-refractivity contribution is 4.80. The van der Waals surface area contributed by atoms with Gasteiger partial charge in [0.15, 0.2) is 0 Å². The molecule has 2 heteroatoms. The summed E-state index contributed by atoms with van der Waals surface area (Å²) in [6.07, 6.45) is 8.31. The Morgan fingerprint density at radius 2 is 1.53 bits per heavy atom. The summed E-state index contributed by atoms with van der Waals surface area (Å²) in [6.45, 7) is 11.4. The van der Waals surface area contributed by atoms with Gasteiger partial charge in [-0.2, -0.15) is 0 Å². The summed E-state index contributed by atoms with van der Waals surface area (Å²) in [7, 11) is 0. The molecular formula is C15H31NO. The van der Waals surface area contributed by atoms with Crippen LogP contribution in [0.1, 0.15) is 59.3 Å². The lowest BCUT2D eigenvalue weighted by molar-refractivity contribution is -0.0731. The van der Waals surface area contributed by atoms with Crippen molar-refractivity contribution in [2.45, 2.75) is 65.3 Å². The number of nitrogens with zero attached hydrogens (tertiary/aromatic N) is 1. The number of hydrogen-bond acceptors (Lipinski definition) is 2. The van der Waals surface area contributed by atoms with E-state index in [0.29, 0.717) is 0 Å². The van der Waals surface area contributed by atoms with Gasteiger partial charge in [-0.3, -0.25) is 4.90 Å². The molecule has 0 spiro atoms. The molecular weight excluding hydrogens is 210 g/mol. The summed E-state index contributed by atoms with van der Waals surface area (Å²) < 4.78 is 5.17. The van der Waals surface area contributed by atoms with Crippen molar-refractivity contribution in [3.63, 3.8) is 0 Å². The third-order valence-electron chi connectivity index (χ3n) is 3.91. The molecule has 0 aromatic heterocycles. The van der Waals surface area contributed by atoms with Crippen LogP contribution >= 0.6 is 0 Å². The Hall–Kier alpha value is -0.0800. The predicted molar refractivity (Wildman–Crippen MR) is 74.4 cm³/mol. The van der Waals surface area contributed by atoms with E-state index in [4.69, 9.17) is 4.74 Å². The van der Waals surface area contributed by atoms with E-state index in [-0.39, 0.29) is 0 Å². The van der Waals surface area contributed by atoms with Gasteiger partial charge in [0.1, 0.15) is 0 Å². The van der Waals surface area contributed by atoms with Gasteiger partial charge in [0.05, 0.1) is 19.3 Å². The standard InChI is InChI=1S/C9H17NO.C6H14/c1-8-2-4-10(5-3-8)9-6-11-7-9;1-3-5-6-4-2/h8-9H,2-7H2,1H3;3-6H2,1-2H3. The SMILES string of the molecule is CC1CCN(C2COC2)CC1.CCCCCC. The zero-order valence-electron chi connectivity index (χ0n) is 12.1. The van der Waals surface area contributed by atoms with E-state index in [1.807, 2.05) is 0 Å². The highest BCUT2D eigenvalue weighted by Crippen LogP contribution is 2.20. The minimum Gasteiger partial charge on any atom is -0.378 e. The van der Waals surface area contributed by atoms with Gasteiger partial charge in [-0.25, -0.2) is 0 Å². The van der Waals surface area contributed by atoms with Crippen LogP contribution in [0.5, 0.6) is 0 Å². The number of ether oxygens (including phenoxy) is 1. The maximum Gasteiger partial charge on any atom is 0.0645 e. The van der Waals surface area contributed by atoms with Gasteiger partial charge in [-0.15, -0.1) is 0 Å². The highest BCUT2D eigenvalue weighted by atomic mass is 16.5. The molecule has 0 aromatic carbocycles. The van der Waals surface area contributed by atoms with Crippen LogP contribution in [0.15, 0.2) is 0 Å². The van der Waals surface area contributed by atoms with Gasteiger partial charge in [0.25, 0.3) is 0 Å². The first-order valence-corrected chi connectivity index (χ1v) is 7.59. The molecule has 0 bridgehead atoms. The van der Waals surface area contributed by atoms with E-state index in [1.165, 1.54) is 51.6 Å². The smallest absolute Gasteiger partial charge is 0.0645 e. The molecule has 0 N–H and O–H groups in total. The van der Waals surface area contributed by atoms with Crippen LogP contribution in [0.4, 0.5) is 0 Å². The molecule has 0 radical (unpaired) electrons. The third kappa shape index (κ3) is 5.87. The van der Waals surface area contributed by atoms with Gasteiger partial charge in [-0.05, 0) is 31.8 Å². The van der Waals surface area contributed by atoms with Crippen LogP contribution < -0.4 is 0 Å². The normalized spacial score (nSPS) is 22.8. The fraction of sp³-hybridized carbons (Fsp3) is 1.00. The second kappa shape index (κ2) is 8.93. The molecule has 2 nitrogen and oxygen atoms in total. The highest BCUT2D eigenvalue weighted by Gasteiger charge is 2.28. The molecule has 0 amide bonds. The van der Waals surface area contributed by atoms with Gasteiger partial charge in [-0.1, -0.05) is 46.5 Å². The van der Waals surface area contributed by atoms with Crippen LogP contribution in [-0.2, 0) is 4.74 Å². The van der Waals surface area contributed by atoms with E-state index in [2.05, 4.69) is 25.7 Å². The Morgan fingerprint density at radius 3 is 1.88 bits per heavy atom. The minimum atomic E-state index is 0.766. The third-order valence-corrected chi connectivity index (χ3v) is 3.91. The van der Waals surface area contributed by atoms with Crippen molar-refractivity contribution in [3.8, 4) is 0 Å².